The van der Waals surface area contributed by atoms with Gasteiger partial charge in [-0.3, -0.25) is 0 Å². The van der Waals surface area contributed by atoms with Crippen LogP contribution in [-0.2, 0) is 0 Å². The van der Waals surface area contributed by atoms with E-state index in [-0.39, 0.29) is 14.9 Å². The van der Waals surface area contributed by atoms with Crippen molar-refractivity contribution in [2.75, 3.05) is 0 Å². The van der Waals surface area contributed by atoms with E-state index in [4.69, 9.17) is 10.5 Å². The Labute approximate surface area is 60.8 Å². The van der Waals surface area contributed by atoms with Gasteiger partial charge in [0.15, 0.2) is 0 Å². The summed E-state index contributed by atoms with van der Waals surface area (Å²) in [7, 11) is 9.52. The Hall–Kier alpha value is 1.79. The fourth-order valence-corrected chi connectivity index (χ4v) is 0. The van der Waals surface area contributed by atoms with Gasteiger partial charge in [0.1, 0.15) is 0 Å². The van der Waals surface area contributed by atoms with Crippen molar-refractivity contribution in [3.63, 3.8) is 0 Å². The second-order valence-electron chi connectivity index (χ2n) is 0. The van der Waals surface area contributed by atoms with E-state index in [0.29, 0.717) is 0 Å². The summed E-state index contributed by atoms with van der Waals surface area (Å²) in [6.45, 7) is 0. The van der Waals surface area contributed by atoms with Gasteiger partial charge in [0, 0.05) is 0 Å². The molecular formula is C2H14ClGaP2. The zero-order valence-corrected chi connectivity index (χ0v) is 8.27. The van der Waals surface area contributed by atoms with Crippen LogP contribution in [0.15, 0.2) is 0 Å². The molecule has 0 N–H and O–H groups in total. The van der Waals surface area contributed by atoms with Gasteiger partial charge in [0.2, 0.25) is 0 Å². The van der Waals surface area contributed by atoms with E-state index in [1.165, 1.54) is 0 Å². The van der Waals surface area contributed by atoms with Crippen LogP contribution in [0.5, 0.6) is 0 Å². The minimum absolute atomic E-state index is 0. The van der Waals surface area contributed by atoms with E-state index in [9.17, 15) is 0 Å². The molecule has 0 radical (unpaired) electrons. The molecule has 2 unspecified atom stereocenters. The molecule has 0 heterocycles. The first-order valence-electron chi connectivity index (χ1n) is 1.31. The van der Waals surface area contributed by atoms with Crippen molar-refractivity contribution in [3.8, 4) is 0 Å². The molecule has 0 saturated carbocycles. The van der Waals surface area contributed by atoms with Crippen LogP contribution in [0.4, 0.5) is 0 Å². The van der Waals surface area contributed by atoms with Gasteiger partial charge in [0.05, 0.1) is 0 Å². The summed E-state index contributed by atoms with van der Waals surface area (Å²) in [5, 5.41) is 0. The molecule has 6 heavy (non-hydrogen) atoms. The quantitative estimate of drug-likeness (QED) is 0.419. The van der Waals surface area contributed by atoms with Crippen LogP contribution in [0.25, 0.3) is 0 Å². The molecule has 0 nitrogen and oxygen atoms in total. The number of halogens is 1. The molecule has 0 aliphatic carbocycles. The Morgan fingerprint density at radius 2 is 1.50 bits per heavy atom. The first-order valence-corrected chi connectivity index (χ1v) is 7.17. The van der Waals surface area contributed by atoms with Gasteiger partial charge in [-0.15, -0.1) is 17.9 Å². The molecular weight excluding hydrogens is 191 g/mol. The number of hydrogen-bond donors (Lipinski definition) is 0. The molecule has 0 spiro atoms. The van der Waals surface area contributed by atoms with Gasteiger partial charge in [0.25, 0.3) is 0 Å². The summed E-state index contributed by atoms with van der Waals surface area (Å²) in [6, 6.07) is 0. The molecule has 0 aromatic carbocycles. The fourth-order valence-electron chi connectivity index (χ4n) is 0. The molecule has 4 heteroatoms. The van der Waals surface area contributed by atoms with Crippen molar-refractivity contribution in [1.29, 1.82) is 0.816 Å². The van der Waals surface area contributed by atoms with Gasteiger partial charge in [-0.2, -0.15) is 0 Å². The standard InChI is InChI=1S/2CH4.ClH.Ga.H4P2.2H/c;;;;1-2;;/h2*1H4;1H;;1-2H2;;/q;;;+1;;;/p-1/i;;;;;1+2;. The Morgan fingerprint density at radius 3 is 1.50 bits per heavy atom. The summed E-state index contributed by atoms with van der Waals surface area (Å²) < 4.78 is 6.16. The Balaban J connectivity index is -0.0000000105. The minimum atomic E-state index is -1.15. The molecule has 0 aliphatic heterocycles. The molecule has 0 aromatic heterocycles. The maximum absolute atomic E-state index is 6.16. The summed E-state index contributed by atoms with van der Waals surface area (Å²) in [5.41, 5.74) is 0. The third-order valence-corrected chi connectivity index (χ3v) is 0. The molecule has 0 rings (SSSR count). The van der Waals surface area contributed by atoms with Crippen molar-refractivity contribution >= 4 is 44.9 Å². The average Bonchev–Trinajstić information content (AvgIpc) is 1.46. The zero-order chi connectivity index (χ0) is 4.71. The monoisotopic (exact) mass is 206 g/mol. The first-order chi connectivity index (χ1) is 2.41. The zero-order valence-electron chi connectivity index (χ0n) is 3.24. The van der Waals surface area contributed by atoms with Crippen molar-refractivity contribution in [1.82, 2.24) is 0 Å². The van der Waals surface area contributed by atoms with Gasteiger partial charge in [-0.05, 0) is 0 Å². The van der Waals surface area contributed by atoms with Gasteiger partial charge in [-0.25, -0.2) is 0 Å². The molecule has 0 bridgehead atoms. The van der Waals surface area contributed by atoms with Crippen LogP contribution in [0.1, 0.15) is 14.9 Å². The van der Waals surface area contributed by atoms with E-state index in [1.54, 1.807) is 0 Å². The van der Waals surface area contributed by atoms with Crippen molar-refractivity contribution in [2.45, 2.75) is 14.9 Å². The van der Waals surface area contributed by atoms with Crippen LogP contribution in [-0.4, -0.2) is 18.3 Å². The van der Waals surface area contributed by atoms with E-state index in [1.807, 2.05) is 0 Å². The summed E-state index contributed by atoms with van der Waals surface area (Å²) in [5.74, 6) is 0. The third-order valence-electron chi connectivity index (χ3n) is 0. The SMILES string of the molecule is C.C.PP.[3H][GaH][Cl]. The Bertz CT molecular complexity index is 15.7. The molecule has 0 saturated heterocycles. The normalized spacial score (nSPS) is 3.50. The third kappa shape index (κ3) is 41.5. The van der Waals surface area contributed by atoms with E-state index in [2.05, 4.69) is 17.9 Å². The average molecular weight is 207 g/mol. The second-order valence-corrected chi connectivity index (χ2v) is 0. The van der Waals surface area contributed by atoms with Gasteiger partial charge in [-0.1, -0.05) is 14.9 Å². The summed E-state index contributed by atoms with van der Waals surface area (Å²) in [6.07, 6.45) is 0. The summed E-state index contributed by atoms with van der Waals surface area (Å²) >= 11 is -1.15. The summed E-state index contributed by atoms with van der Waals surface area (Å²) in [4.78, 5) is 0. The predicted octanol–water partition coefficient (Wildman–Crippen LogP) is 1.70. The molecule has 42 valence electrons. The Morgan fingerprint density at radius 1 is 1.50 bits per heavy atom. The number of rotatable bonds is 0. The van der Waals surface area contributed by atoms with E-state index >= 15 is 0 Å². The molecule has 0 amide bonds. The Kier molecular flexibility index (Phi) is 186. The van der Waals surface area contributed by atoms with Crippen LogP contribution in [0.2, 0.25) is 0 Å². The van der Waals surface area contributed by atoms with E-state index < -0.39 is 17.4 Å². The van der Waals surface area contributed by atoms with Gasteiger partial charge >= 0.3 is 27.9 Å². The van der Waals surface area contributed by atoms with Crippen molar-refractivity contribution in [3.05, 3.63) is 0 Å². The molecule has 0 fully saturated rings. The maximum atomic E-state index is 6.16. The van der Waals surface area contributed by atoms with Crippen LogP contribution in [0, 0.1) is 0 Å². The first kappa shape index (κ1) is 15.7. The predicted molar refractivity (Wildman–Crippen MR) is 47.3 cm³/mol. The van der Waals surface area contributed by atoms with Crippen molar-refractivity contribution in [2.24, 2.45) is 0 Å². The van der Waals surface area contributed by atoms with Crippen LogP contribution >= 0.6 is 27.5 Å². The van der Waals surface area contributed by atoms with Gasteiger partial charge < -0.3 is 0 Å². The van der Waals surface area contributed by atoms with Crippen molar-refractivity contribution < 1.29 is 0 Å². The molecule has 2 atom stereocenters. The van der Waals surface area contributed by atoms with E-state index in [0.717, 1.165) is 0 Å². The molecule has 0 aromatic rings. The topological polar surface area (TPSA) is 0 Å². The second kappa shape index (κ2) is 71.2. The van der Waals surface area contributed by atoms with Crippen LogP contribution < -0.4 is 0 Å². The fraction of sp³-hybridized carbons (Fsp3) is 1.00. The molecule has 0 aliphatic rings. The van der Waals surface area contributed by atoms with Crippen LogP contribution in [0.3, 0.4) is 0 Å². The number of hydrogen-bond acceptors (Lipinski definition) is 0.